The van der Waals surface area contributed by atoms with E-state index in [9.17, 15) is 0 Å². The molecular weight excluding hydrogens is 210 g/mol. The van der Waals surface area contributed by atoms with Crippen LogP contribution in [0.1, 0.15) is 11.3 Å². The van der Waals surface area contributed by atoms with Gasteiger partial charge in [-0.05, 0) is 31.2 Å². The average Bonchev–Trinajstić information content (AvgIpc) is 2.29. The number of benzene rings is 1. The molecule has 1 aromatic heterocycles. The molecule has 0 radical (unpaired) electrons. The quantitative estimate of drug-likeness (QED) is 0.876. The first-order valence-corrected chi connectivity index (χ1v) is 5.64. The third kappa shape index (κ3) is 2.97. The van der Waals surface area contributed by atoms with Crippen molar-refractivity contribution in [3.63, 3.8) is 0 Å². The van der Waals surface area contributed by atoms with Gasteiger partial charge in [0, 0.05) is 12.7 Å². The zero-order chi connectivity index (χ0) is 12.3. The molecule has 2 N–H and O–H groups in total. The first-order valence-electron chi connectivity index (χ1n) is 5.64. The summed E-state index contributed by atoms with van der Waals surface area (Å²) in [4.78, 5) is 6.45. The highest BCUT2D eigenvalue weighted by Gasteiger charge is 2.02. The summed E-state index contributed by atoms with van der Waals surface area (Å²) in [7, 11) is 2.05. The number of aryl methyl sites for hydroxylation is 1. The van der Waals surface area contributed by atoms with E-state index in [4.69, 9.17) is 5.73 Å². The van der Waals surface area contributed by atoms with Gasteiger partial charge < -0.3 is 10.6 Å². The van der Waals surface area contributed by atoms with Crippen LogP contribution < -0.4 is 10.6 Å². The molecule has 0 amide bonds. The maximum absolute atomic E-state index is 5.66. The van der Waals surface area contributed by atoms with Crippen molar-refractivity contribution in [3.05, 3.63) is 53.7 Å². The SMILES string of the molecule is Cc1ccc(N(C)Cc2cccc(N)n2)cc1. The lowest BCUT2D eigenvalue weighted by molar-refractivity contribution is 0.887. The molecule has 0 aliphatic carbocycles. The molecule has 0 fully saturated rings. The predicted molar refractivity (Wildman–Crippen MR) is 71.9 cm³/mol. The lowest BCUT2D eigenvalue weighted by atomic mass is 10.2. The first kappa shape index (κ1) is 11.5. The fourth-order valence-electron chi connectivity index (χ4n) is 1.72. The van der Waals surface area contributed by atoms with Crippen LogP contribution in [0.3, 0.4) is 0 Å². The summed E-state index contributed by atoms with van der Waals surface area (Å²) in [6.45, 7) is 2.84. The normalized spacial score (nSPS) is 10.2. The Morgan fingerprint density at radius 2 is 1.82 bits per heavy atom. The molecule has 2 aromatic rings. The van der Waals surface area contributed by atoms with Crippen LogP contribution >= 0.6 is 0 Å². The molecule has 1 heterocycles. The summed E-state index contributed by atoms with van der Waals surface area (Å²) in [5, 5.41) is 0. The van der Waals surface area contributed by atoms with Gasteiger partial charge in [0.05, 0.1) is 12.2 Å². The van der Waals surface area contributed by atoms with Gasteiger partial charge in [0.2, 0.25) is 0 Å². The van der Waals surface area contributed by atoms with Gasteiger partial charge in [-0.2, -0.15) is 0 Å². The molecule has 88 valence electrons. The van der Waals surface area contributed by atoms with Gasteiger partial charge in [0.25, 0.3) is 0 Å². The standard InChI is InChI=1S/C14H17N3/c1-11-6-8-13(9-7-11)17(2)10-12-4-3-5-14(15)16-12/h3-9H,10H2,1-2H3,(H2,15,16). The highest BCUT2D eigenvalue weighted by atomic mass is 15.1. The molecule has 0 saturated heterocycles. The van der Waals surface area contributed by atoms with E-state index in [1.54, 1.807) is 6.07 Å². The third-order valence-electron chi connectivity index (χ3n) is 2.70. The van der Waals surface area contributed by atoms with Gasteiger partial charge in [-0.15, -0.1) is 0 Å². The summed E-state index contributed by atoms with van der Waals surface area (Å²) in [5.41, 5.74) is 9.09. The van der Waals surface area contributed by atoms with Crippen LogP contribution in [0.4, 0.5) is 11.5 Å². The summed E-state index contributed by atoms with van der Waals surface area (Å²) < 4.78 is 0. The van der Waals surface area contributed by atoms with Gasteiger partial charge in [0.15, 0.2) is 0 Å². The smallest absolute Gasteiger partial charge is 0.123 e. The second kappa shape index (κ2) is 4.87. The Hall–Kier alpha value is -2.03. The number of nitrogens with zero attached hydrogens (tertiary/aromatic N) is 2. The summed E-state index contributed by atoms with van der Waals surface area (Å²) in [5.74, 6) is 0.569. The number of nitrogens with two attached hydrogens (primary N) is 1. The monoisotopic (exact) mass is 227 g/mol. The summed E-state index contributed by atoms with van der Waals surface area (Å²) in [6, 6.07) is 14.2. The van der Waals surface area contributed by atoms with Crippen molar-refractivity contribution in [2.24, 2.45) is 0 Å². The third-order valence-corrected chi connectivity index (χ3v) is 2.70. The zero-order valence-electron chi connectivity index (χ0n) is 10.2. The molecule has 3 nitrogen and oxygen atoms in total. The van der Waals surface area contributed by atoms with E-state index in [0.717, 1.165) is 12.2 Å². The van der Waals surface area contributed by atoms with E-state index >= 15 is 0 Å². The van der Waals surface area contributed by atoms with Crippen molar-refractivity contribution >= 4 is 11.5 Å². The molecule has 0 atom stereocenters. The van der Waals surface area contributed by atoms with Crippen LogP contribution in [0.2, 0.25) is 0 Å². The first-order chi connectivity index (χ1) is 8.15. The van der Waals surface area contributed by atoms with Crippen molar-refractivity contribution in [3.8, 4) is 0 Å². The Labute approximate surface area is 102 Å². The van der Waals surface area contributed by atoms with Crippen molar-refractivity contribution < 1.29 is 0 Å². The highest BCUT2D eigenvalue weighted by Crippen LogP contribution is 2.15. The van der Waals surface area contributed by atoms with Crippen LogP contribution in [-0.4, -0.2) is 12.0 Å². The fraction of sp³-hybridized carbons (Fsp3) is 0.214. The molecule has 0 bridgehead atoms. The van der Waals surface area contributed by atoms with Gasteiger partial charge in [-0.25, -0.2) is 4.98 Å². The van der Waals surface area contributed by atoms with Gasteiger partial charge in [-0.1, -0.05) is 23.8 Å². The minimum atomic E-state index is 0.569. The zero-order valence-corrected chi connectivity index (χ0v) is 10.2. The maximum atomic E-state index is 5.66. The van der Waals surface area contributed by atoms with Crippen LogP contribution in [0, 0.1) is 6.92 Å². The molecule has 0 spiro atoms. The van der Waals surface area contributed by atoms with Crippen LogP contribution in [0.25, 0.3) is 0 Å². The highest BCUT2D eigenvalue weighted by molar-refractivity contribution is 5.47. The molecule has 1 aromatic carbocycles. The van der Waals surface area contributed by atoms with E-state index < -0.39 is 0 Å². The van der Waals surface area contributed by atoms with Crippen molar-refractivity contribution in [2.45, 2.75) is 13.5 Å². The van der Waals surface area contributed by atoms with E-state index in [-0.39, 0.29) is 0 Å². The van der Waals surface area contributed by atoms with Gasteiger partial charge >= 0.3 is 0 Å². The summed E-state index contributed by atoms with van der Waals surface area (Å²) >= 11 is 0. The Morgan fingerprint density at radius 1 is 1.12 bits per heavy atom. The molecular formula is C14H17N3. The number of nitrogen functional groups attached to an aromatic ring is 1. The Balaban J connectivity index is 2.11. The summed E-state index contributed by atoms with van der Waals surface area (Å²) in [6.07, 6.45) is 0. The molecule has 0 unspecified atom stereocenters. The topological polar surface area (TPSA) is 42.1 Å². The number of aromatic nitrogens is 1. The van der Waals surface area contributed by atoms with E-state index in [2.05, 4.69) is 48.1 Å². The molecule has 2 rings (SSSR count). The predicted octanol–water partition coefficient (Wildman–Crippen LogP) is 2.61. The van der Waals surface area contributed by atoms with Crippen LogP contribution in [-0.2, 0) is 6.54 Å². The molecule has 0 saturated carbocycles. The number of pyridine rings is 1. The Bertz CT molecular complexity index is 491. The second-order valence-electron chi connectivity index (χ2n) is 4.25. The van der Waals surface area contributed by atoms with Crippen molar-refractivity contribution in [1.82, 2.24) is 4.98 Å². The van der Waals surface area contributed by atoms with Gasteiger partial charge in [0.1, 0.15) is 5.82 Å². The largest absolute Gasteiger partial charge is 0.384 e. The minimum Gasteiger partial charge on any atom is -0.384 e. The van der Waals surface area contributed by atoms with Gasteiger partial charge in [-0.3, -0.25) is 0 Å². The average molecular weight is 227 g/mol. The van der Waals surface area contributed by atoms with Crippen LogP contribution in [0.15, 0.2) is 42.5 Å². The lowest BCUT2D eigenvalue weighted by Gasteiger charge is -2.19. The molecule has 0 aliphatic rings. The minimum absolute atomic E-state index is 0.569. The fourth-order valence-corrected chi connectivity index (χ4v) is 1.72. The van der Waals surface area contributed by atoms with E-state index in [1.807, 2.05) is 12.1 Å². The van der Waals surface area contributed by atoms with E-state index in [1.165, 1.54) is 11.3 Å². The van der Waals surface area contributed by atoms with E-state index in [0.29, 0.717) is 5.82 Å². The number of hydrogen-bond acceptors (Lipinski definition) is 3. The Kier molecular flexibility index (Phi) is 3.28. The number of anilines is 2. The molecule has 0 aliphatic heterocycles. The van der Waals surface area contributed by atoms with Crippen LogP contribution in [0.5, 0.6) is 0 Å². The molecule has 3 heteroatoms. The number of rotatable bonds is 3. The lowest BCUT2D eigenvalue weighted by Crippen LogP contribution is -2.17. The molecule has 17 heavy (non-hydrogen) atoms. The van der Waals surface area contributed by atoms with Crippen molar-refractivity contribution in [1.29, 1.82) is 0 Å². The van der Waals surface area contributed by atoms with Crippen molar-refractivity contribution in [2.75, 3.05) is 17.7 Å². The Morgan fingerprint density at radius 3 is 2.47 bits per heavy atom. The maximum Gasteiger partial charge on any atom is 0.123 e. The second-order valence-corrected chi connectivity index (χ2v) is 4.25. The number of hydrogen-bond donors (Lipinski definition) is 1.